The second-order valence-electron chi connectivity index (χ2n) is 0.789. The molecule has 30 valence electrons. The minimum absolute atomic E-state index is 0. The van der Waals surface area contributed by atoms with Gasteiger partial charge in [-0.1, -0.05) is 6.92 Å². The maximum Gasteiger partial charge on any atom is 0 e. The summed E-state index contributed by atoms with van der Waals surface area (Å²) in [5, 5.41) is 0. The van der Waals surface area contributed by atoms with E-state index in [1.165, 1.54) is 0 Å². The molecule has 1 nitrogen and oxygen atoms in total. The second kappa shape index (κ2) is 8.85. The van der Waals surface area contributed by atoms with Crippen LogP contribution >= 0.6 is 0 Å². The molecular weight excluding hydrogens is 229 g/mol. The maximum absolute atomic E-state index is 5.03. The van der Waals surface area contributed by atoms with Crippen LogP contribution in [-0.4, -0.2) is 6.54 Å². The molecule has 0 fully saturated rings. The Hall–Kier alpha value is 0.830. The third-order valence-electron chi connectivity index (χ3n) is 0.289. The van der Waals surface area contributed by atoms with Gasteiger partial charge < -0.3 is 5.73 Å². The minimum Gasteiger partial charge on any atom is -0.330 e. The zero-order valence-corrected chi connectivity index (χ0v) is 7.08. The molecular formula is C3H9HfN. The fourth-order valence-electron chi connectivity index (χ4n) is 0. The van der Waals surface area contributed by atoms with Gasteiger partial charge in [0.2, 0.25) is 0 Å². The van der Waals surface area contributed by atoms with E-state index in [2.05, 4.69) is 6.92 Å². The summed E-state index contributed by atoms with van der Waals surface area (Å²) in [5.41, 5.74) is 5.03. The first-order chi connectivity index (χ1) is 1.91. The van der Waals surface area contributed by atoms with Crippen molar-refractivity contribution in [1.82, 2.24) is 0 Å². The van der Waals surface area contributed by atoms with E-state index in [-0.39, 0.29) is 25.8 Å². The van der Waals surface area contributed by atoms with E-state index in [9.17, 15) is 0 Å². The molecule has 2 N–H and O–H groups in total. The summed E-state index contributed by atoms with van der Waals surface area (Å²) < 4.78 is 0. The molecule has 0 aliphatic rings. The SMILES string of the molecule is CCCN.[Hf]. The molecule has 0 saturated heterocycles. The largest absolute Gasteiger partial charge is 0.330 e. The molecule has 0 atom stereocenters. The molecule has 0 amide bonds. The summed E-state index contributed by atoms with van der Waals surface area (Å²) in [7, 11) is 0. The van der Waals surface area contributed by atoms with Gasteiger partial charge in [-0.15, -0.1) is 0 Å². The van der Waals surface area contributed by atoms with E-state index in [4.69, 9.17) is 5.73 Å². The third kappa shape index (κ3) is 11.6. The smallest absolute Gasteiger partial charge is 0 e. The summed E-state index contributed by atoms with van der Waals surface area (Å²) in [6.07, 6.45) is 1.10. The quantitative estimate of drug-likeness (QED) is 0.655. The summed E-state index contributed by atoms with van der Waals surface area (Å²) >= 11 is 0. The number of nitrogens with two attached hydrogens (primary N) is 1. The Balaban J connectivity index is 0. The number of hydrogen-bond acceptors (Lipinski definition) is 1. The first-order valence-electron chi connectivity index (χ1n) is 1.62. The molecule has 0 radical (unpaired) electrons. The van der Waals surface area contributed by atoms with Crippen molar-refractivity contribution in [3.63, 3.8) is 0 Å². The Morgan fingerprint density at radius 1 is 1.60 bits per heavy atom. The van der Waals surface area contributed by atoms with Crippen molar-refractivity contribution < 1.29 is 25.8 Å². The summed E-state index contributed by atoms with van der Waals surface area (Å²) in [6.45, 7) is 2.88. The molecule has 2 heteroatoms. The summed E-state index contributed by atoms with van der Waals surface area (Å²) in [5.74, 6) is 0. The van der Waals surface area contributed by atoms with Gasteiger partial charge in [0.15, 0.2) is 0 Å². The van der Waals surface area contributed by atoms with Gasteiger partial charge in [0.1, 0.15) is 0 Å². The van der Waals surface area contributed by atoms with Crippen LogP contribution in [0.1, 0.15) is 13.3 Å². The Morgan fingerprint density at radius 3 is 1.80 bits per heavy atom. The molecule has 0 rings (SSSR count). The molecule has 0 unspecified atom stereocenters. The van der Waals surface area contributed by atoms with Gasteiger partial charge in [0, 0.05) is 25.8 Å². The van der Waals surface area contributed by atoms with E-state index in [1.54, 1.807) is 0 Å². The second-order valence-corrected chi connectivity index (χ2v) is 0.789. The van der Waals surface area contributed by atoms with Crippen LogP contribution in [0, 0.1) is 0 Å². The Labute approximate surface area is 51.7 Å². The summed E-state index contributed by atoms with van der Waals surface area (Å²) in [6, 6.07) is 0. The maximum atomic E-state index is 5.03. The molecule has 0 aliphatic heterocycles. The predicted octanol–water partition coefficient (Wildman–Crippen LogP) is 0.353. The minimum atomic E-state index is 0. The van der Waals surface area contributed by atoms with Crippen LogP contribution in [0.3, 0.4) is 0 Å². The number of rotatable bonds is 1. The monoisotopic (exact) mass is 239 g/mol. The molecule has 0 aromatic rings. The van der Waals surface area contributed by atoms with Gasteiger partial charge in [-0.05, 0) is 13.0 Å². The van der Waals surface area contributed by atoms with Gasteiger partial charge in [0.25, 0.3) is 0 Å². The van der Waals surface area contributed by atoms with Crippen molar-refractivity contribution in [1.29, 1.82) is 0 Å². The van der Waals surface area contributed by atoms with Gasteiger partial charge in [-0.2, -0.15) is 0 Å². The van der Waals surface area contributed by atoms with Crippen LogP contribution in [0.4, 0.5) is 0 Å². The molecule has 0 bridgehead atoms. The molecule has 0 aromatic carbocycles. The van der Waals surface area contributed by atoms with E-state index >= 15 is 0 Å². The van der Waals surface area contributed by atoms with Crippen molar-refractivity contribution in [3.05, 3.63) is 0 Å². The first-order valence-corrected chi connectivity index (χ1v) is 1.62. The van der Waals surface area contributed by atoms with E-state index < -0.39 is 0 Å². The fraction of sp³-hybridized carbons (Fsp3) is 1.00. The molecule has 0 aliphatic carbocycles. The topological polar surface area (TPSA) is 26.0 Å². The first kappa shape index (κ1) is 9.27. The van der Waals surface area contributed by atoms with Crippen molar-refractivity contribution in [2.45, 2.75) is 13.3 Å². The van der Waals surface area contributed by atoms with Crippen LogP contribution in [0.25, 0.3) is 0 Å². The fourth-order valence-corrected chi connectivity index (χ4v) is 0. The molecule has 5 heavy (non-hydrogen) atoms. The van der Waals surface area contributed by atoms with Crippen LogP contribution in [0.2, 0.25) is 0 Å². The zero-order valence-electron chi connectivity index (χ0n) is 3.49. The van der Waals surface area contributed by atoms with Gasteiger partial charge >= 0.3 is 0 Å². The van der Waals surface area contributed by atoms with Crippen molar-refractivity contribution in [2.75, 3.05) is 6.54 Å². The number of hydrogen-bond donors (Lipinski definition) is 1. The van der Waals surface area contributed by atoms with Gasteiger partial charge in [0.05, 0.1) is 0 Å². The Bertz CT molecular complexity index is 8.85. The van der Waals surface area contributed by atoms with Crippen LogP contribution in [0.15, 0.2) is 0 Å². The standard InChI is InChI=1S/C3H9N.Hf/c1-2-3-4;/h2-4H2,1H3;. The summed E-state index contributed by atoms with van der Waals surface area (Å²) in [4.78, 5) is 0. The van der Waals surface area contributed by atoms with Crippen molar-refractivity contribution in [2.24, 2.45) is 5.73 Å². The molecule has 0 aromatic heterocycles. The normalized spacial score (nSPS) is 6.00. The Morgan fingerprint density at radius 2 is 1.80 bits per heavy atom. The Kier molecular flexibility index (Phi) is 16.4. The third-order valence-corrected chi connectivity index (χ3v) is 0.289. The van der Waals surface area contributed by atoms with E-state index in [0.29, 0.717) is 0 Å². The average molecular weight is 238 g/mol. The molecule has 0 heterocycles. The van der Waals surface area contributed by atoms with Gasteiger partial charge in [-0.3, -0.25) is 0 Å². The van der Waals surface area contributed by atoms with E-state index in [1.807, 2.05) is 0 Å². The predicted molar refractivity (Wildman–Crippen MR) is 19.3 cm³/mol. The van der Waals surface area contributed by atoms with Crippen LogP contribution in [0.5, 0.6) is 0 Å². The van der Waals surface area contributed by atoms with Crippen molar-refractivity contribution >= 4 is 0 Å². The molecule has 0 spiro atoms. The average Bonchev–Trinajstić information content (AvgIpc) is 1.37. The zero-order chi connectivity index (χ0) is 3.41. The molecule has 0 saturated carbocycles. The van der Waals surface area contributed by atoms with Crippen LogP contribution < -0.4 is 5.73 Å². The van der Waals surface area contributed by atoms with E-state index in [0.717, 1.165) is 13.0 Å². The van der Waals surface area contributed by atoms with Gasteiger partial charge in [-0.25, -0.2) is 0 Å². The van der Waals surface area contributed by atoms with Crippen LogP contribution in [-0.2, 0) is 25.8 Å². The van der Waals surface area contributed by atoms with Crippen molar-refractivity contribution in [3.8, 4) is 0 Å².